The molecule has 16 heavy (non-hydrogen) atoms. The molecule has 90 valence electrons. The first-order valence-electron chi connectivity index (χ1n) is 5.46. The van der Waals surface area contributed by atoms with Gasteiger partial charge >= 0.3 is 0 Å². The Hall–Kier alpha value is -1.20. The minimum absolute atomic E-state index is 0.0367. The lowest BCUT2D eigenvalue weighted by atomic mass is 10.1. The highest BCUT2D eigenvalue weighted by Crippen LogP contribution is 2.02. The van der Waals surface area contributed by atoms with Gasteiger partial charge in [0.25, 0.3) is 0 Å². The van der Waals surface area contributed by atoms with E-state index in [1.807, 2.05) is 10.8 Å². The average molecular weight is 225 g/mol. The van der Waals surface area contributed by atoms with Gasteiger partial charge in [0.05, 0.1) is 19.1 Å². The quantitative estimate of drug-likeness (QED) is 0.728. The molecule has 0 saturated heterocycles. The number of aryl methyl sites for hydroxylation is 1. The molecule has 0 aliphatic carbocycles. The van der Waals surface area contributed by atoms with Crippen LogP contribution in [0.2, 0.25) is 0 Å². The van der Waals surface area contributed by atoms with E-state index in [2.05, 4.69) is 11.9 Å². The Balaban J connectivity index is 2.58. The van der Waals surface area contributed by atoms with Crippen molar-refractivity contribution < 1.29 is 9.53 Å². The first-order valence-corrected chi connectivity index (χ1v) is 5.46. The lowest BCUT2D eigenvalue weighted by molar-refractivity contribution is -0.120. The van der Waals surface area contributed by atoms with Gasteiger partial charge in [-0.2, -0.15) is 0 Å². The van der Waals surface area contributed by atoms with Gasteiger partial charge in [-0.05, 0) is 6.42 Å². The maximum Gasteiger partial charge on any atom is 0.159 e. The molecular formula is C11H19N3O2. The first kappa shape index (κ1) is 12.9. The lowest BCUT2D eigenvalue weighted by Gasteiger charge is -2.10. The van der Waals surface area contributed by atoms with Crippen LogP contribution in [0.1, 0.15) is 19.2 Å². The number of carbonyl (C=O) groups excluding carboxylic acids is 1. The number of rotatable bonds is 7. The van der Waals surface area contributed by atoms with Gasteiger partial charge in [-0.1, -0.05) is 6.92 Å². The lowest BCUT2D eigenvalue weighted by Crippen LogP contribution is -2.36. The van der Waals surface area contributed by atoms with Gasteiger partial charge < -0.3 is 15.0 Å². The third kappa shape index (κ3) is 3.43. The van der Waals surface area contributed by atoms with Crippen molar-refractivity contribution in [1.29, 1.82) is 0 Å². The van der Waals surface area contributed by atoms with Crippen molar-refractivity contribution in [2.75, 3.05) is 13.7 Å². The Bertz CT molecular complexity index is 336. The number of hydrogen-bond donors (Lipinski definition) is 1. The highest BCUT2D eigenvalue weighted by Gasteiger charge is 2.16. The number of ketones is 1. The summed E-state index contributed by atoms with van der Waals surface area (Å²) < 4.78 is 6.83. The van der Waals surface area contributed by atoms with Crippen LogP contribution in [0.15, 0.2) is 12.4 Å². The third-order valence-electron chi connectivity index (χ3n) is 2.36. The van der Waals surface area contributed by atoms with Crippen molar-refractivity contribution in [1.82, 2.24) is 9.55 Å². The van der Waals surface area contributed by atoms with E-state index in [0.717, 1.165) is 18.8 Å². The molecule has 0 aliphatic rings. The molecule has 1 unspecified atom stereocenters. The number of carbonyl (C=O) groups is 1. The highest BCUT2D eigenvalue weighted by molar-refractivity contribution is 5.85. The van der Waals surface area contributed by atoms with Gasteiger partial charge in [0.1, 0.15) is 5.82 Å². The molecule has 5 heteroatoms. The van der Waals surface area contributed by atoms with Crippen LogP contribution < -0.4 is 5.73 Å². The first-order chi connectivity index (χ1) is 7.69. The van der Waals surface area contributed by atoms with Crippen LogP contribution in [0.5, 0.6) is 0 Å². The molecule has 1 atom stereocenters. The van der Waals surface area contributed by atoms with Crippen LogP contribution in [0, 0.1) is 0 Å². The summed E-state index contributed by atoms with van der Waals surface area (Å²) in [6, 6.07) is -0.559. The van der Waals surface area contributed by atoms with Crippen molar-refractivity contribution in [3.8, 4) is 0 Å². The van der Waals surface area contributed by atoms with Crippen molar-refractivity contribution in [2.24, 2.45) is 5.73 Å². The molecule has 0 aliphatic heterocycles. The molecule has 0 amide bonds. The Morgan fingerprint density at radius 1 is 1.69 bits per heavy atom. The Morgan fingerprint density at radius 2 is 2.44 bits per heavy atom. The molecule has 0 spiro atoms. The van der Waals surface area contributed by atoms with E-state index in [1.165, 1.54) is 7.11 Å². The van der Waals surface area contributed by atoms with Crippen LogP contribution in [0.25, 0.3) is 0 Å². The maximum atomic E-state index is 11.7. The molecule has 0 fully saturated rings. The second kappa shape index (κ2) is 6.40. The fourth-order valence-corrected chi connectivity index (χ4v) is 1.51. The minimum Gasteiger partial charge on any atom is -0.383 e. The zero-order chi connectivity index (χ0) is 12.0. The monoisotopic (exact) mass is 225 g/mol. The van der Waals surface area contributed by atoms with E-state index in [1.54, 1.807) is 6.20 Å². The topological polar surface area (TPSA) is 70.1 Å². The number of aromatic nitrogens is 2. The predicted octanol–water partition coefficient (Wildman–Crippen LogP) is 0.378. The summed E-state index contributed by atoms with van der Waals surface area (Å²) in [4.78, 5) is 15.9. The normalized spacial score (nSPS) is 12.7. The van der Waals surface area contributed by atoms with Gasteiger partial charge in [-0.15, -0.1) is 0 Å². The number of hydrogen-bond acceptors (Lipinski definition) is 4. The molecule has 0 bridgehead atoms. The fraction of sp³-hybridized carbons (Fsp3) is 0.636. The van der Waals surface area contributed by atoms with Gasteiger partial charge in [0, 0.05) is 26.0 Å². The molecule has 5 nitrogen and oxygen atoms in total. The fourth-order valence-electron chi connectivity index (χ4n) is 1.51. The van der Waals surface area contributed by atoms with Crippen LogP contribution in [0.4, 0.5) is 0 Å². The molecule has 1 aromatic heterocycles. The predicted molar refractivity (Wildman–Crippen MR) is 61.1 cm³/mol. The number of nitrogens with two attached hydrogens (primary N) is 1. The summed E-state index contributed by atoms with van der Waals surface area (Å²) >= 11 is 0. The van der Waals surface area contributed by atoms with Gasteiger partial charge in [0.15, 0.2) is 5.78 Å². The van der Waals surface area contributed by atoms with Gasteiger partial charge in [0.2, 0.25) is 0 Å². The van der Waals surface area contributed by atoms with Gasteiger partial charge in [-0.25, -0.2) is 4.98 Å². The van der Waals surface area contributed by atoms with E-state index in [9.17, 15) is 4.79 Å². The number of Topliss-reactive ketones (excluding diaryl/α,β-unsaturated/α-hetero) is 1. The highest BCUT2D eigenvalue weighted by atomic mass is 16.5. The van der Waals surface area contributed by atoms with Crippen LogP contribution in [-0.2, 0) is 22.5 Å². The van der Waals surface area contributed by atoms with Crippen LogP contribution in [0.3, 0.4) is 0 Å². The van der Waals surface area contributed by atoms with E-state index in [4.69, 9.17) is 10.5 Å². The second-order valence-corrected chi connectivity index (χ2v) is 3.74. The maximum absolute atomic E-state index is 11.7. The molecule has 0 aromatic carbocycles. The van der Waals surface area contributed by atoms with Crippen LogP contribution >= 0.6 is 0 Å². The molecule has 1 heterocycles. The number of methoxy groups -OCH3 is 1. The summed E-state index contributed by atoms with van der Waals surface area (Å²) in [5.41, 5.74) is 5.66. The molecule has 0 saturated carbocycles. The van der Waals surface area contributed by atoms with Crippen LogP contribution in [-0.4, -0.2) is 35.1 Å². The Kier molecular flexibility index (Phi) is 5.14. The van der Waals surface area contributed by atoms with E-state index < -0.39 is 6.04 Å². The molecular weight excluding hydrogens is 206 g/mol. The van der Waals surface area contributed by atoms with E-state index in [0.29, 0.717) is 0 Å². The number of imidazole rings is 1. The van der Waals surface area contributed by atoms with Gasteiger partial charge in [-0.3, -0.25) is 4.79 Å². The van der Waals surface area contributed by atoms with Crippen molar-refractivity contribution >= 4 is 5.78 Å². The van der Waals surface area contributed by atoms with E-state index >= 15 is 0 Å². The summed E-state index contributed by atoms with van der Waals surface area (Å²) in [5, 5.41) is 0. The molecule has 2 N–H and O–H groups in total. The molecule has 1 aromatic rings. The SMILES string of the molecule is CCCn1ccnc1CC(=O)C(N)COC. The zero-order valence-electron chi connectivity index (χ0n) is 9.85. The second-order valence-electron chi connectivity index (χ2n) is 3.74. The largest absolute Gasteiger partial charge is 0.383 e. The van der Waals surface area contributed by atoms with Crippen molar-refractivity contribution in [3.63, 3.8) is 0 Å². The standard InChI is InChI=1S/C11H19N3O2/c1-3-5-14-6-4-13-11(14)7-10(15)9(12)8-16-2/h4,6,9H,3,5,7-8,12H2,1-2H3. The average Bonchev–Trinajstić information content (AvgIpc) is 2.67. The summed E-state index contributed by atoms with van der Waals surface area (Å²) in [6.45, 7) is 3.22. The smallest absolute Gasteiger partial charge is 0.159 e. The Labute approximate surface area is 95.6 Å². The van der Waals surface area contributed by atoms with Crippen molar-refractivity contribution in [2.45, 2.75) is 32.4 Å². The minimum atomic E-state index is -0.559. The molecule has 0 radical (unpaired) electrons. The third-order valence-corrected chi connectivity index (χ3v) is 2.36. The molecule has 1 rings (SSSR count). The summed E-state index contributed by atoms with van der Waals surface area (Å²) in [5.74, 6) is 0.740. The summed E-state index contributed by atoms with van der Waals surface area (Å²) in [7, 11) is 1.53. The number of ether oxygens (including phenoxy) is 1. The number of nitrogens with zero attached hydrogens (tertiary/aromatic N) is 2. The van der Waals surface area contributed by atoms with E-state index in [-0.39, 0.29) is 18.8 Å². The summed E-state index contributed by atoms with van der Waals surface area (Å²) in [6.07, 6.45) is 4.88. The zero-order valence-corrected chi connectivity index (χ0v) is 9.85. The Morgan fingerprint density at radius 3 is 3.06 bits per heavy atom. The van der Waals surface area contributed by atoms with Crippen molar-refractivity contribution in [3.05, 3.63) is 18.2 Å².